The van der Waals surface area contributed by atoms with Crippen LogP contribution in [0.1, 0.15) is 16.2 Å². The van der Waals surface area contributed by atoms with E-state index in [0.29, 0.717) is 16.7 Å². The third kappa shape index (κ3) is 3.30. The number of fused-ring (bicyclic) bond motifs is 1. The summed E-state index contributed by atoms with van der Waals surface area (Å²) in [6, 6.07) is 14.1. The molecule has 9 heteroatoms. The van der Waals surface area contributed by atoms with Crippen LogP contribution in [0.3, 0.4) is 0 Å². The molecule has 0 radical (unpaired) electrons. The number of amides is 1. The monoisotopic (exact) mass is 365 g/mol. The van der Waals surface area contributed by atoms with E-state index in [1.165, 1.54) is 28.9 Å². The summed E-state index contributed by atoms with van der Waals surface area (Å²) in [4.78, 5) is 24.4. The summed E-state index contributed by atoms with van der Waals surface area (Å²) in [7, 11) is 0. The van der Waals surface area contributed by atoms with Gasteiger partial charge in [-0.05, 0) is 40.8 Å². The summed E-state index contributed by atoms with van der Waals surface area (Å²) in [5, 5.41) is 14.4. The molecule has 0 unspecified atom stereocenters. The molecule has 0 aliphatic rings. The van der Waals surface area contributed by atoms with Crippen LogP contribution in [-0.4, -0.2) is 26.1 Å². The quantitative estimate of drug-likeness (QED) is 0.554. The van der Waals surface area contributed by atoms with Gasteiger partial charge < -0.3 is 9.73 Å². The molecular formula is C18H12FN5O3. The Bertz CT molecular complexity index is 1200. The summed E-state index contributed by atoms with van der Waals surface area (Å²) in [5.41, 5.74) is -0.0574. The molecule has 27 heavy (non-hydrogen) atoms. The number of tetrazole rings is 1. The molecule has 4 aromatic rings. The van der Waals surface area contributed by atoms with Gasteiger partial charge in [0.15, 0.2) is 5.82 Å². The van der Waals surface area contributed by atoms with Crippen LogP contribution in [0.4, 0.5) is 4.39 Å². The fraction of sp³-hybridized carbons (Fsp3) is 0.0556. The van der Waals surface area contributed by atoms with E-state index in [1.54, 1.807) is 30.3 Å². The smallest absolute Gasteiger partial charge is 0.349 e. The number of carbonyl (C=O) groups excluding carboxylic acids is 1. The zero-order valence-corrected chi connectivity index (χ0v) is 13.8. The van der Waals surface area contributed by atoms with Crippen molar-refractivity contribution in [1.29, 1.82) is 0 Å². The number of halogens is 1. The Kier molecular flexibility index (Phi) is 4.17. The average molecular weight is 365 g/mol. The van der Waals surface area contributed by atoms with Gasteiger partial charge in [-0.3, -0.25) is 4.79 Å². The fourth-order valence-electron chi connectivity index (χ4n) is 2.60. The van der Waals surface area contributed by atoms with E-state index >= 15 is 0 Å². The van der Waals surface area contributed by atoms with E-state index in [4.69, 9.17) is 4.42 Å². The van der Waals surface area contributed by atoms with E-state index in [1.807, 2.05) is 0 Å². The normalized spacial score (nSPS) is 10.9. The summed E-state index contributed by atoms with van der Waals surface area (Å²) in [6.07, 6.45) is 0. The Morgan fingerprint density at radius 2 is 2.00 bits per heavy atom. The van der Waals surface area contributed by atoms with Crippen molar-refractivity contribution < 1.29 is 13.6 Å². The van der Waals surface area contributed by atoms with Crippen LogP contribution in [0, 0.1) is 5.82 Å². The second-order valence-corrected chi connectivity index (χ2v) is 5.65. The molecular weight excluding hydrogens is 353 g/mol. The second kappa shape index (κ2) is 6.79. The molecule has 2 aromatic carbocycles. The van der Waals surface area contributed by atoms with Crippen LogP contribution in [0.2, 0.25) is 0 Å². The van der Waals surface area contributed by atoms with Crippen molar-refractivity contribution in [1.82, 2.24) is 25.5 Å². The standard InChI is InChI=1S/C18H12FN5O3/c19-12-5-3-6-13(9-12)24-16(21-22-23-24)10-20-17(25)14-8-11-4-1-2-7-15(11)27-18(14)26/h1-9H,10H2,(H,20,25). The molecule has 0 saturated heterocycles. The van der Waals surface area contributed by atoms with E-state index < -0.39 is 17.3 Å². The second-order valence-electron chi connectivity index (χ2n) is 5.65. The van der Waals surface area contributed by atoms with Gasteiger partial charge in [0.25, 0.3) is 5.91 Å². The maximum Gasteiger partial charge on any atom is 0.349 e. The first-order chi connectivity index (χ1) is 13.1. The first kappa shape index (κ1) is 16.6. The minimum atomic E-state index is -0.740. The van der Waals surface area contributed by atoms with Crippen LogP contribution in [0.5, 0.6) is 0 Å². The zero-order chi connectivity index (χ0) is 18.8. The molecule has 8 nitrogen and oxygen atoms in total. The van der Waals surface area contributed by atoms with Crippen LogP contribution in [0.25, 0.3) is 16.7 Å². The van der Waals surface area contributed by atoms with Crippen molar-refractivity contribution in [3.63, 3.8) is 0 Å². The lowest BCUT2D eigenvalue weighted by molar-refractivity contribution is 0.0946. The summed E-state index contributed by atoms with van der Waals surface area (Å²) in [6.45, 7) is -0.0609. The number of hydrogen-bond acceptors (Lipinski definition) is 6. The minimum Gasteiger partial charge on any atom is -0.422 e. The van der Waals surface area contributed by atoms with E-state index in [9.17, 15) is 14.0 Å². The molecule has 0 spiro atoms. The fourth-order valence-corrected chi connectivity index (χ4v) is 2.60. The predicted molar refractivity (Wildman–Crippen MR) is 92.8 cm³/mol. The van der Waals surface area contributed by atoms with Gasteiger partial charge >= 0.3 is 5.63 Å². The number of hydrogen-bond donors (Lipinski definition) is 1. The third-order valence-corrected chi connectivity index (χ3v) is 3.88. The summed E-state index contributed by atoms with van der Waals surface area (Å²) in [5.74, 6) is -0.783. The lowest BCUT2D eigenvalue weighted by Gasteiger charge is -2.06. The molecule has 0 bridgehead atoms. The number of rotatable bonds is 4. The van der Waals surface area contributed by atoms with Crippen molar-refractivity contribution in [3.05, 3.63) is 82.2 Å². The van der Waals surface area contributed by atoms with Crippen LogP contribution in [0.15, 0.2) is 63.8 Å². The van der Waals surface area contributed by atoms with Crippen molar-refractivity contribution >= 4 is 16.9 Å². The third-order valence-electron chi connectivity index (χ3n) is 3.88. The molecule has 0 aliphatic carbocycles. The van der Waals surface area contributed by atoms with Gasteiger partial charge in [0.2, 0.25) is 0 Å². The molecule has 1 amide bonds. The minimum absolute atomic E-state index is 0.0609. The highest BCUT2D eigenvalue weighted by atomic mass is 19.1. The number of para-hydroxylation sites is 1. The van der Waals surface area contributed by atoms with E-state index in [-0.39, 0.29) is 17.9 Å². The van der Waals surface area contributed by atoms with Gasteiger partial charge in [-0.1, -0.05) is 24.3 Å². The van der Waals surface area contributed by atoms with Gasteiger partial charge in [0.05, 0.1) is 12.2 Å². The SMILES string of the molecule is O=C(NCc1nnnn1-c1cccc(F)c1)c1cc2ccccc2oc1=O. The first-order valence-corrected chi connectivity index (χ1v) is 7.96. The maximum absolute atomic E-state index is 13.4. The van der Waals surface area contributed by atoms with Crippen molar-refractivity contribution in [2.75, 3.05) is 0 Å². The highest BCUT2D eigenvalue weighted by Gasteiger charge is 2.15. The highest BCUT2D eigenvalue weighted by Crippen LogP contribution is 2.13. The highest BCUT2D eigenvalue weighted by molar-refractivity contribution is 5.96. The van der Waals surface area contributed by atoms with E-state index in [0.717, 1.165) is 0 Å². The number of benzene rings is 2. The Balaban J connectivity index is 1.57. The number of nitrogens with zero attached hydrogens (tertiary/aromatic N) is 4. The lowest BCUT2D eigenvalue weighted by Crippen LogP contribution is -2.29. The van der Waals surface area contributed by atoms with Gasteiger partial charge in [-0.25, -0.2) is 9.18 Å². The molecule has 2 aromatic heterocycles. The van der Waals surface area contributed by atoms with Crippen LogP contribution >= 0.6 is 0 Å². The molecule has 134 valence electrons. The average Bonchev–Trinajstić information content (AvgIpc) is 3.14. The number of nitrogens with one attached hydrogen (secondary N) is 1. The largest absolute Gasteiger partial charge is 0.422 e. The van der Waals surface area contributed by atoms with Crippen LogP contribution < -0.4 is 10.9 Å². The van der Waals surface area contributed by atoms with Crippen molar-refractivity contribution in [2.24, 2.45) is 0 Å². The summed E-state index contributed by atoms with van der Waals surface area (Å²) >= 11 is 0. The van der Waals surface area contributed by atoms with Gasteiger partial charge in [0.1, 0.15) is 17.0 Å². The van der Waals surface area contributed by atoms with E-state index in [2.05, 4.69) is 20.8 Å². The lowest BCUT2D eigenvalue weighted by atomic mass is 10.2. The maximum atomic E-state index is 13.4. The molecule has 2 heterocycles. The molecule has 0 saturated carbocycles. The Hall–Kier alpha value is -3.88. The number of aromatic nitrogens is 4. The molecule has 0 fully saturated rings. The topological polar surface area (TPSA) is 103 Å². The van der Waals surface area contributed by atoms with Gasteiger partial charge in [0, 0.05) is 5.39 Å². The number of carbonyl (C=O) groups is 1. The molecule has 4 rings (SSSR count). The molecule has 0 atom stereocenters. The van der Waals surface area contributed by atoms with Gasteiger partial charge in [-0.2, -0.15) is 4.68 Å². The Morgan fingerprint density at radius 3 is 2.85 bits per heavy atom. The zero-order valence-electron chi connectivity index (χ0n) is 13.8. The predicted octanol–water partition coefficient (Wildman–Crippen LogP) is 1.84. The molecule has 1 N–H and O–H groups in total. The Morgan fingerprint density at radius 1 is 1.15 bits per heavy atom. The van der Waals surface area contributed by atoms with Crippen LogP contribution in [-0.2, 0) is 6.54 Å². The molecule has 0 aliphatic heterocycles. The van der Waals surface area contributed by atoms with Gasteiger partial charge in [-0.15, -0.1) is 5.10 Å². The summed E-state index contributed by atoms with van der Waals surface area (Å²) < 4.78 is 19.9. The van der Waals surface area contributed by atoms with Crippen molar-refractivity contribution in [3.8, 4) is 5.69 Å². The Labute approximate surface area is 151 Å². The van der Waals surface area contributed by atoms with Crippen molar-refractivity contribution in [2.45, 2.75) is 6.54 Å². The first-order valence-electron chi connectivity index (χ1n) is 7.96.